The van der Waals surface area contributed by atoms with E-state index in [4.69, 9.17) is 4.74 Å². The Morgan fingerprint density at radius 3 is 2.35 bits per heavy atom. The highest BCUT2D eigenvalue weighted by Gasteiger charge is 2.26. The third-order valence-corrected chi connectivity index (χ3v) is 5.08. The highest BCUT2D eigenvalue weighted by molar-refractivity contribution is 7.93. The van der Waals surface area contributed by atoms with Crippen LogP contribution < -0.4 is 14.8 Å². The van der Waals surface area contributed by atoms with Gasteiger partial charge < -0.3 is 10.1 Å². The first-order chi connectivity index (χ1) is 9.47. The molecular formula is C14H22N2O3S. The normalized spacial score (nSPS) is 17.1. The van der Waals surface area contributed by atoms with Gasteiger partial charge in [-0.2, -0.15) is 0 Å². The summed E-state index contributed by atoms with van der Waals surface area (Å²) in [4.78, 5) is 0. The first kappa shape index (κ1) is 15.1. The molecular weight excluding hydrogens is 276 g/mol. The van der Waals surface area contributed by atoms with Gasteiger partial charge in [-0.25, -0.2) is 8.42 Å². The molecule has 1 aromatic rings. The van der Waals surface area contributed by atoms with Gasteiger partial charge in [0.2, 0.25) is 10.0 Å². The van der Waals surface area contributed by atoms with Gasteiger partial charge >= 0.3 is 0 Å². The number of sulfonamides is 1. The summed E-state index contributed by atoms with van der Waals surface area (Å²) < 4.78 is 32.7. The summed E-state index contributed by atoms with van der Waals surface area (Å²) in [5.74, 6) is 0.741. The van der Waals surface area contributed by atoms with Crippen molar-refractivity contribution in [1.82, 2.24) is 5.32 Å². The van der Waals surface area contributed by atoms with E-state index in [0.717, 1.165) is 18.8 Å². The van der Waals surface area contributed by atoms with E-state index in [9.17, 15) is 8.42 Å². The molecule has 1 aliphatic heterocycles. The number of benzene rings is 1. The average Bonchev–Trinajstić information content (AvgIpc) is 2.41. The molecule has 6 heteroatoms. The van der Waals surface area contributed by atoms with Crippen molar-refractivity contribution < 1.29 is 13.2 Å². The Morgan fingerprint density at radius 1 is 1.20 bits per heavy atom. The minimum atomic E-state index is -3.30. The number of ether oxygens (including phenoxy) is 1. The number of hydrogen-bond acceptors (Lipinski definition) is 4. The SMILES string of the molecule is CC(C)Oc1ccc(NS(=O)(=O)C2CCNCC2)cc1. The summed E-state index contributed by atoms with van der Waals surface area (Å²) in [5, 5.41) is 2.86. The first-order valence-corrected chi connectivity index (χ1v) is 8.51. The Balaban J connectivity index is 2.01. The first-order valence-electron chi connectivity index (χ1n) is 6.96. The maximum absolute atomic E-state index is 12.2. The minimum Gasteiger partial charge on any atom is -0.491 e. The predicted molar refractivity (Wildman–Crippen MR) is 80.6 cm³/mol. The van der Waals surface area contributed by atoms with Crippen LogP contribution in [0.25, 0.3) is 0 Å². The Kier molecular flexibility index (Phi) is 4.88. The summed E-state index contributed by atoms with van der Waals surface area (Å²) in [7, 11) is -3.30. The van der Waals surface area contributed by atoms with Crippen LogP contribution in [0.3, 0.4) is 0 Å². The smallest absolute Gasteiger partial charge is 0.235 e. The van der Waals surface area contributed by atoms with E-state index in [1.54, 1.807) is 24.3 Å². The molecule has 1 heterocycles. The topological polar surface area (TPSA) is 67.4 Å². The number of piperidine rings is 1. The van der Waals surface area contributed by atoms with Gasteiger partial charge in [0.15, 0.2) is 0 Å². The fourth-order valence-corrected chi connectivity index (χ4v) is 3.71. The van der Waals surface area contributed by atoms with Crippen molar-refractivity contribution >= 4 is 15.7 Å². The van der Waals surface area contributed by atoms with Crippen molar-refractivity contribution in [3.05, 3.63) is 24.3 Å². The summed E-state index contributed by atoms with van der Waals surface area (Å²) in [6.07, 6.45) is 1.42. The van der Waals surface area contributed by atoms with Gasteiger partial charge in [0, 0.05) is 5.69 Å². The second-order valence-electron chi connectivity index (χ2n) is 5.29. The second-order valence-corrected chi connectivity index (χ2v) is 7.25. The van der Waals surface area contributed by atoms with E-state index in [-0.39, 0.29) is 11.4 Å². The molecule has 1 fully saturated rings. The van der Waals surface area contributed by atoms with Gasteiger partial charge in [-0.1, -0.05) is 0 Å². The molecule has 0 aromatic heterocycles. The van der Waals surface area contributed by atoms with Crippen molar-refractivity contribution in [3.8, 4) is 5.75 Å². The molecule has 0 saturated carbocycles. The van der Waals surface area contributed by atoms with Gasteiger partial charge in [0.1, 0.15) is 5.75 Å². The summed E-state index contributed by atoms with van der Waals surface area (Å²) in [6, 6.07) is 7.02. The summed E-state index contributed by atoms with van der Waals surface area (Å²) >= 11 is 0. The van der Waals surface area contributed by atoms with Crippen molar-refractivity contribution in [3.63, 3.8) is 0 Å². The minimum absolute atomic E-state index is 0.104. The third kappa shape index (κ3) is 4.11. The van der Waals surface area contributed by atoms with Gasteiger partial charge in [0.05, 0.1) is 11.4 Å². The zero-order valence-corrected chi connectivity index (χ0v) is 12.7. The molecule has 0 atom stereocenters. The molecule has 0 unspecified atom stereocenters. The number of hydrogen-bond donors (Lipinski definition) is 2. The van der Waals surface area contributed by atoms with Crippen LogP contribution in [-0.2, 0) is 10.0 Å². The lowest BCUT2D eigenvalue weighted by Gasteiger charge is -2.23. The molecule has 1 aromatic carbocycles. The predicted octanol–water partition coefficient (Wildman–Crippen LogP) is 1.97. The van der Waals surface area contributed by atoms with E-state index >= 15 is 0 Å². The highest BCUT2D eigenvalue weighted by Crippen LogP contribution is 2.21. The Labute approximate surface area is 120 Å². The lowest BCUT2D eigenvalue weighted by molar-refractivity contribution is 0.242. The van der Waals surface area contributed by atoms with Gasteiger partial charge in [-0.15, -0.1) is 0 Å². The standard InChI is InChI=1S/C14H22N2O3S/c1-11(2)19-13-5-3-12(4-6-13)16-20(17,18)14-7-9-15-10-8-14/h3-6,11,14-16H,7-10H2,1-2H3. The molecule has 0 radical (unpaired) electrons. The van der Waals surface area contributed by atoms with E-state index in [1.165, 1.54) is 0 Å². The monoisotopic (exact) mass is 298 g/mol. The van der Waals surface area contributed by atoms with E-state index < -0.39 is 10.0 Å². The number of nitrogens with one attached hydrogen (secondary N) is 2. The maximum Gasteiger partial charge on any atom is 0.235 e. The van der Waals surface area contributed by atoms with Crippen molar-refractivity contribution in [2.24, 2.45) is 0 Å². The van der Waals surface area contributed by atoms with Gasteiger partial charge in [-0.05, 0) is 64.0 Å². The molecule has 0 bridgehead atoms. The fourth-order valence-electron chi connectivity index (χ4n) is 2.23. The van der Waals surface area contributed by atoms with Crippen LogP contribution in [0.5, 0.6) is 5.75 Å². The van der Waals surface area contributed by atoms with Crippen LogP contribution >= 0.6 is 0 Å². The van der Waals surface area contributed by atoms with Gasteiger partial charge in [-0.3, -0.25) is 4.72 Å². The Bertz CT molecular complexity index is 520. The number of rotatable bonds is 5. The maximum atomic E-state index is 12.2. The van der Waals surface area contributed by atoms with Crippen LogP contribution in [0.15, 0.2) is 24.3 Å². The Hall–Kier alpha value is -1.27. The lowest BCUT2D eigenvalue weighted by Crippen LogP contribution is -2.38. The highest BCUT2D eigenvalue weighted by atomic mass is 32.2. The van der Waals surface area contributed by atoms with Crippen LogP contribution in [0.4, 0.5) is 5.69 Å². The quantitative estimate of drug-likeness (QED) is 0.872. The molecule has 0 amide bonds. The lowest BCUT2D eigenvalue weighted by atomic mass is 10.2. The van der Waals surface area contributed by atoms with Crippen LogP contribution in [0.2, 0.25) is 0 Å². The molecule has 20 heavy (non-hydrogen) atoms. The van der Waals surface area contributed by atoms with Crippen LogP contribution in [0, 0.1) is 0 Å². The van der Waals surface area contributed by atoms with Crippen molar-refractivity contribution in [2.75, 3.05) is 17.8 Å². The summed E-state index contributed by atoms with van der Waals surface area (Å²) in [6.45, 7) is 5.42. The van der Waals surface area contributed by atoms with Crippen molar-refractivity contribution in [2.45, 2.75) is 38.0 Å². The third-order valence-electron chi connectivity index (χ3n) is 3.21. The Morgan fingerprint density at radius 2 is 1.80 bits per heavy atom. The molecule has 0 spiro atoms. The zero-order valence-electron chi connectivity index (χ0n) is 11.9. The molecule has 2 N–H and O–H groups in total. The number of anilines is 1. The largest absolute Gasteiger partial charge is 0.491 e. The molecule has 5 nitrogen and oxygen atoms in total. The summed E-state index contributed by atoms with van der Waals surface area (Å²) in [5.41, 5.74) is 0.583. The zero-order chi connectivity index (χ0) is 14.6. The average molecular weight is 298 g/mol. The van der Waals surface area contributed by atoms with Gasteiger partial charge in [0.25, 0.3) is 0 Å². The molecule has 0 aliphatic carbocycles. The molecule has 1 saturated heterocycles. The van der Waals surface area contributed by atoms with E-state index in [0.29, 0.717) is 18.5 Å². The molecule has 2 rings (SSSR count). The van der Waals surface area contributed by atoms with Crippen LogP contribution in [0.1, 0.15) is 26.7 Å². The van der Waals surface area contributed by atoms with E-state index in [1.807, 2.05) is 13.8 Å². The second kappa shape index (κ2) is 6.45. The van der Waals surface area contributed by atoms with Crippen LogP contribution in [-0.4, -0.2) is 32.9 Å². The fraction of sp³-hybridized carbons (Fsp3) is 0.571. The molecule has 1 aliphatic rings. The van der Waals surface area contributed by atoms with E-state index in [2.05, 4.69) is 10.0 Å². The molecule has 112 valence electrons. The van der Waals surface area contributed by atoms with Crippen molar-refractivity contribution in [1.29, 1.82) is 0 Å².